The third kappa shape index (κ3) is 2.61. The Morgan fingerprint density at radius 1 is 1.75 bits per heavy atom. The van der Waals surface area contributed by atoms with Gasteiger partial charge in [-0.1, -0.05) is 0 Å². The zero-order valence-electron chi connectivity index (χ0n) is 9.40. The zero-order chi connectivity index (χ0) is 11.4. The second-order valence-corrected chi connectivity index (χ2v) is 4.05. The number of amides is 1. The summed E-state index contributed by atoms with van der Waals surface area (Å²) in [4.78, 5) is 18.9. The van der Waals surface area contributed by atoms with E-state index in [0.29, 0.717) is 13.2 Å². The maximum atomic E-state index is 11.8. The molecule has 0 aliphatic carbocycles. The highest BCUT2D eigenvalue weighted by Crippen LogP contribution is 2.20. The van der Waals surface area contributed by atoms with E-state index in [9.17, 15) is 4.79 Å². The predicted octanol–water partition coefficient (Wildman–Crippen LogP) is 0.493. The van der Waals surface area contributed by atoms with Gasteiger partial charge in [0.15, 0.2) is 0 Å². The third-order valence-electron chi connectivity index (χ3n) is 2.93. The number of ether oxygens (including phenoxy) is 1. The van der Waals surface area contributed by atoms with Crippen LogP contribution in [0.15, 0.2) is 12.4 Å². The highest BCUT2D eigenvalue weighted by molar-refractivity contribution is 5.79. The van der Waals surface area contributed by atoms with E-state index in [4.69, 9.17) is 4.74 Å². The minimum absolute atomic E-state index is 0.0107. The smallest absolute Gasteiger partial charge is 0.225 e. The van der Waals surface area contributed by atoms with Crippen molar-refractivity contribution in [1.29, 1.82) is 0 Å². The molecule has 1 aliphatic rings. The first-order chi connectivity index (χ1) is 7.77. The molecule has 16 heavy (non-hydrogen) atoms. The van der Waals surface area contributed by atoms with Crippen LogP contribution in [0.1, 0.15) is 19.2 Å². The molecule has 1 aromatic rings. The summed E-state index contributed by atoms with van der Waals surface area (Å²) >= 11 is 0. The van der Waals surface area contributed by atoms with Crippen LogP contribution in [0, 0.1) is 5.92 Å². The minimum Gasteiger partial charge on any atom is -0.378 e. The number of aromatic nitrogens is 2. The standard InChI is InChI=1S/C11H17N3O2/c1-8-9(3-7-16-8)11(15)14-4-2-10-12-5-6-13-10/h5-6,8-9H,2-4,7H2,1H3,(H,12,13)(H,14,15). The van der Waals surface area contributed by atoms with Gasteiger partial charge in [0.2, 0.25) is 5.91 Å². The van der Waals surface area contributed by atoms with Crippen molar-refractivity contribution >= 4 is 5.91 Å². The molecule has 0 radical (unpaired) electrons. The van der Waals surface area contributed by atoms with Gasteiger partial charge in [0, 0.05) is 32.0 Å². The lowest BCUT2D eigenvalue weighted by Gasteiger charge is -2.13. The Bertz CT molecular complexity index is 337. The normalized spacial score (nSPS) is 24.6. The zero-order valence-corrected chi connectivity index (χ0v) is 9.40. The van der Waals surface area contributed by atoms with Crippen LogP contribution in [0.25, 0.3) is 0 Å². The van der Waals surface area contributed by atoms with Crippen LogP contribution in [0.2, 0.25) is 0 Å². The Morgan fingerprint density at radius 3 is 3.25 bits per heavy atom. The summed E-state index contributed by atoms with van der Waals surface area (Å²) < 4.78 is 5.36. The molecule has 5 heteroatoms. The number of hydrogen-bond acceptors (Lipinski definition) is 3. The largest absolute Gasteiger partial charge is 0.378 e. The lowest BCUT2D eigenvalue weighted by molar-refractivity contribution is -0.126. The number of imidazole rings is 1. The van der Waals surface area contributed by atoms with Crippen LogP contribution < -0.4 is 5.32 Å². The van der Waals surface area contributed by atoms with Crippen molar-refractivity contribution < 1.29 is 9.53 Å². The van der Waals surface area contributed by atoms with E-state index in [1.807, 2.05) is 6.92 Å². The SMILES string of the molecule is CC1OCCC1C(=O)NCCc1ncc[nH]1. The second-order valence-electron chi connectivity index (χ2n) is 4.05. The van der Waals surface area contributed by atoms with Crippen LogP contribution >= 0.6 is 0 Å². The summed E-state index contributed by atoms with van der Waals surface area (Å²) in [5, 5.41) is 2.91. The Hall–Kier alpha value is -1.36. The molecule has 88 valence electrons. The van der Waals surface area contributed by atoms with E-state index >= 15 is 0 Å². The van der Waals surface area contributed by atoms with Gasteiger partial charge in [0.05, 0.1) is 12.0 Å². The summed E-state index contributed by atoms with van der Waals surface area (Å²) in [7, 11) is 0. The molecule has 0 spiro atoms. The van der Waals surface area contributed by atoms with E-state index in [-0.39, 0.29) is 17.9 Å². The Balaban J connectivity index is 1.71. The van der Waals surface area contributed by atoms with E-state index in [1.165, 1.54) is 0 Å². The van der Waals surface area contributed by atoms with Gasteiger partial charge in [0.1, 0.15) is 5.82 Å². The first-order valence-electron chi connectivity index (χ1n) is 5.65. The lowest BCUT2D eigenvalue weighted by Crippen LogP contribution is -2.35. The van der Waals surface area contributed by atoms with Crippen molar-refractivity contribution in [3.8, 4) is 0 Å². The number of carbonyl (C=O) groups excluding carboxylic acids is 1. The number of hydrogen-bond donors (Lipinski definition) is 2. The molecule has 1 fully saturated rings. The second kappa shape index (κ2) is 5.12. The van der Waals surface area contributed by atoms with Gasteiger partial charge in [-0.25, -0.2) is 4.98 Å². The van der Waals surface area contributed by atoms with Gasteiger partial charge in [0.25, 0.3) is 0 Å². The van der Waals surface area contributed by atoms with Crippen molar-refractivity contribution in [2.75, 3.05) is 13.2 Å². The third-order valence-corrected chi connectivity index (χ3v) is 2.93. The number of carbonyl (C=O) groups is 1. The molecule has 1 saturated heterocycles. The summed E-state index contributed by atoms with van der Waals surface area (Å²) in [6.07, 6.45) is 5.10. The number of H-pyrrole nitrogens is 1. The Kier molecular flexibility index (Phi) is 3.56. The molecule has 1 amide bonds. The van der Waals surface area contributed by atoms with Gasteiger partial charge < -0.3 is 15.0 Å². The average molecular weight is 223 g/mol. The fourth-order valence-corrected chi connectivity index (χ4v) is 1.95. The monoisotopic (exact) mass is 223 g/mol. The predicted molar refractivity (Wildman–Crippen MR) is 58.8 cm³/mol. The van der Waals surface area contributed by atoms with Gasteiger partial charge in [-0.15, -0.1) is 0 Å². The van der Waals surface area contributed by atoms with E-state index in [2.05, 4.69) is 15.3 Å². The molecule has 2 N–H and O–H groups in total. The first-order valence-corrected chi connectivity index (χ1v) is 5.65. The molecule has 1 aliphatic heterocycles. The number of nitrogens with one attached hydrogen (secondary N) is 2. The summed E-state index contributed by atoms with van der Waals surface area (Å²) in [5.74, 6) is 1.00. The number of nitrogens with zero attached hydrogens (tertiary/aromatic N) is 1. The van der Waals surface area contributed by atoms with Crippen molar-refractivity contribution in [2.24, 2.45) is 5.92 Å². The van der Waals surface area contributed by atoms with Crippen molar-refractivity contribution in [3.63, 3.8) is 0 Å². The van der Waals surface area contributed by atoms with Gasteiger partial charge in [-0.05, 0) is 13.3 Å². The van der Waals surface area contributed by atoms with Crippen LogP contribution in [-0.2, 0) is 16.0 Å². The number of aromatic amines is 1. The molecule has 0 bridgehead atoms. The van der Waals surface area contributed by atoms with Gasteiger partial charge in [-0.2, -0.15) is 0 Å². The first kappa shape index (κ1) is 11.1. The topological polar surface area (TPSA) is 67.0 Å². The van der Waals surface area contributed by atoms with Crippen LogP contribution in [0.3, 0.4) is 0 Å². The minimum atomic E-state index is 0.0107. The van der Waals surface area contributed by atoms with Crippen LogP contribution in [-0.4, -0.2) is 35.1 Å². The van der Waals surface area contributed by atoms with E-state index < -0.39 is 0 Å². The Morgan fingerprint density at radius 2 is 2.62 bits per heavy atom. The molecule has 5 nitrogen and oxygen atoms in total. The maximum Gasteiger partial charge on any atom is 0.225 e. The van der Waals surface area contributed by atoms with Crippen molar-refractivity contribution in [2.45, 2.75) is 25.9 Å². The van der Waals surface area contributed by atoms with Crippen LogP contribution in [0.5, 0.6) is 0 Å². The quantitative estimate of drug-likeness (QED) is 0.780. The molecule has 0 aromatic carbocycles. The Labute approximate surface area is 94.6 Å². The van der Waals surface area contributed by atoms with E-state index in [1.54, 1.807) is 12.4 Å². The molecule has 1 aromatic heterocycles. The fourth-order valence-electron chi connectivity index (χ4n) is 1.95. The van der Waals surface area contributed by atoms with Gasteiger partial charge in [-0.3, -0.25) is 4.79 Å². The highest BCUT2D eigenvalue weighted by Gasteiger charge is 2.30. The lowest BCUT2D eigenvalue weighted by atomic mass is 10.0. The molecule has 2 heterocycles. The van der Waals surface area contributed by atoms with E-state index in [0.717, 1.165) is 18.7 Å². The highest BCUT2D eigenvalue weighted by atomic mass is 16.5. The summed E-state index contributed by atoms with van der Waals surface area (Å²) in [5.41, 5.74) is 0. The average Bonchev–Trinajstić information content (AvgIpc) is 2.88. The molecular formula is C11H17N3O2. The van der Waals surface area contributed by atoms with Crippen molar-refractivity contribution in [3.05, 3.63) is 18.2 Å². The fraction of sp³-hybridized carbons (Fsp3) is 0.636. The van der Waals surface area contributed by atoms with Gasteiger partial charge >= 0.3 is 0 Å². The molecule has 0 saturated carbocycles. The molecular weight excluding hydrogens is 206 g/mol. The maximum absolute atomic E-state index is 11.8. The van der Waals surface area contributed by atoms with Crippen molar-refractivity contribution in [1.82, 2.24) is 15.3 Å². The van der Waals surface area contributed by atoms with Crippen LogP contribution in [0.4, 0.5) is 0 Å². The molecule has 2 unspecified atom stereocenters. The number of rotatable bonds is 4. The molecule has 2 rings (SSSR count). The summed E-state index contributed by atoms with van der Waals surface area (Å²) in [6, 6.07) is 0. The molecule has 2 atom stereocenters. The summed E-state index contributed by atoms with van der Waals surface area (Å²) in [6.45, 7) is 3.26.